The number of hydrogen-bond donors (Lipinski definition) is 2. The molecule has 4 atom stereocenters. The van der Waals surface area contributed by atoms with Gasteiger partial charge in [0.05, 0.1) is 12.3 Å². The predicted octanol–water partition coefficient (Wildman–Crippen LogP) is 4.26. The number of hydrogen-bond acceptors (Lipinski definition) is 4. The molecule has 1 aliphatic heterocycles. The summed E-state index contributed by atoms with van der Waals surface area (Å²) in [6.07, 6.45) is 1.92. The molecule has 7 nitrogen and oxygen atoms in total. The van der Waals surface area contributed by atoms with Gasteiger partial charge in [-0.25, -0.2) is 4.79 Å². The third-order valence-corrected chi connectivity index (χ3v) is 8.00. The fourth-order valence-electron chi connectivity index (χ4n) is 6.16. The van der Waals surface area contributed by atoms with Gasteiger partial charge >= 0.3 is 12.1 Å². The van der Waals surface area contributed by atoms with Crippen LogP contribution in [0.25, 0.3) is 11.1 Å². The molecule has 5 rings (SSSR count). The first-order chi connectivity index (χ1) is 16.9. The molecule has 3 aliphatic rings. The topological polar surface area (TPSA) is 95.9 Å². The number of aliphatic carboxylic acids is 1. The Morgan fingerprint density at radius 1 is 1.00 bits per heavy atom. The second-order valence-electron chi connectivity index (χ2n) is 10.2. The highest BCUT2D eigenvalue weighted by molar-refractivity contribution is 5.82. The number of carbonyl (C=O) groups is 3. The van der Waals surface area contributed by atoms with Crippen LogP contribution in [0.3, 0.4) is 0 Å². The standard InChI is InChI=1S/C28H32N2O5/c1-17-14-30(15-18(17)13-26(31)32)27(33)23-11-6-12-25(23)29-28(34)35-16-24-21-9-4-2-7-19(21)20-8-3-5-10-22(20)24/h2-5,7-10,17-18,23-25H,6,11-16H2,1H3,(H,29,34)(H,31,32)/t17-,18-,23+,25-/m1/s1. The number of carboxylic acid groups (broad SMARTS) is 1. The molecule has 2 fully saturated rings. The van der Waals surface area contributed by atoms with Gasteiger partial charge in [0.1, 0.15) is 6.61 Å². The van der Waals surface area contributed by atoms with Gasteiger partial charge in [-0.3, -0.25) is 9.59 Å². The van der Waals surface area contributed by atoms with Crippen molar-refractivity contribution >= 4 is 18.0 Å². The van der Waals surface area contributed by atoms with Gasteiger partial charge < -0.3 is 20.1 Å². The van der Waals surface area contributed by atoms with E-state index in [0.29, 0.717) is 13.1 Å². The molecule has 35 heavy (non-hydrogen) atoms. The van der Waals surface area contributed by atoms with Crippen LogP contribution < -0.4 is 5.32 Å². The van der Waals surface area contributed by atoms with Crippen LogP contribution in [-0.4, -0.2) is 53.7 Å². The maximum absolute atomic E-state index is 13.2. The lowest BCUT2D eigenvalue weighted by atomic mass is 9.95. The van der Waals surface area contributed by atoms with Crippen molar-refractivity contribution in [2.75, 3.05) is 19.7 Å². The third-order valence-electron chi connectivity index (χ3n) is 8.00. The van der Waals surface area contributed by atoms with Gasteiger partial charge in [0.2, 0.25) is 5.91 Å². The second kappa shape index (κ2) is 9.72. The Balaban J connectivity index is 1.19. The predicted molar refractivity (Wildman–Crippen MR) is 131 cm³/mol. The number of likely N-dealkylation sites (tertiary alicyclic amines) is 1. The van der Waals surface area contributed by atoms with Crippen LogP contribution in [0.2, 0.25) is 0 Å². The smallest absolute Gasteiger partial charge is 0.407 e. The van der Waals surface area contributed by atoms with Crippen LogP contribution in [0.4, 0.5) is 4.79 Å². The summed E-state index contributed by atoms with van der Waals surface area (Å²) in [6, 6.07) is 16.2. The summed E-state index contributed by atoms with van der Waals surface area (Å²) in [5.41, 5.74) is 4.68. The molecule has 2 aliphatic carbocycles. The summed E-state index contributed by atoms with van der Waals surface area (Å²) in [4.78, 5) is 38.9. The minimum absolute atomic E-state index is 0.00795. The molecule has 0 bridgehead atoms. The molecular weight excluding hydrogens is 444 g/mol. The normalized spacial score (nSPS) is 25.2. The van der Waals surface area contributed by atoms with E-state index in [0.717, 1.165) is 30.4 Å². The molecule has 184 valence electrons. The summed E-state index contributed by atoms with van der Waals surface area (Å²) in [7, 11) is 0. The van der Waals surface area contributed by atoms with E-state index in [4.69, 9.17) is 9.84 Å². The first-order valence-corrected chi connectivity index (χ1v) is 12.5. The summed E-state index contributed by atoms with van der Waals surface area (Å²) in [6.45, 7) is 3.29. The molecule has 1 heterocycles. The molecule has 0 radical (unpaired) electrons. The first-order valence-electron chi connectivity index (χ1n) is 12.5. The second-order valence-corrected chi connectivity index (χ2v) is 10.2. The van der Waals surface area contributed by atoms with E-state index in [9.17, 15) is 14.4 Å². The van der Waals surface area contributed by atoms with Crippen molar-refractivity contribution in [3.63, 3.8) is 0 Å². The van der Waals surface area contributed by atoms with Crippen LogP contribution in [0.1, 0.15) is 49.7 Å². The average molecular weight is 477 g/mol. The van der Waals surface area contributed by atoms with Crippen molar-refractivity contribution < 1.29 is 24.2 Å². The summed E-state index contributed by atoms with van der Waals surface area (Å²) in [5, 5.41) is 12.1. The Hall–Kier alpha value is -3.35. The Morgan fingerprint density at radius 2 is 1.66 bits per heavy atom. The number of benzene rings is 2. The zero-order valence-corrected chi connectivity index (χ0v) is 20.0. The molecule has 1 saturated heterocycles. The highest BCUT2D eigenvalue weighted by atomic mass is 16.5. The first kappa shape index (κ1) is 23.4. The van der Waals surface area contributed by atoms with Crippen molar-refractivity contribution in [1.82, 2.24) is 10.2 Å². The van der Waals surface area contributed by atoms with Crippen LogP contribution in [-0.2, 0) is 14.3 Å². The van der Waals surface area contributed by atoms with E-state index in [1.54, 1.807) is 4.90 Å². The number of carbonyl (C=O) groups excluding carboxylic acids is 2. The number of fused-ring (bicyclic) bond motifs is 3. The highest BCUT2D eigenvalue weighted by Crippen LogP contribution is 2.44. The molecule has 7 heteroatoms. The van der Waals surface area contributed by atoms with Gasteiger partial charge in [0, 0.05) is 25.0 Å². The lowest BCUT2D eigenvalue weighted by Gasteiger charge is -2.26. The molecule has 1 saturated carbocycles. The quantitative estimate of drug-likeness (QED) is 0.649. The van der Waals surface area contributed by atoms with Crippen molar-refractivity contribution in [2.24, 2.45) is 17.8 Å². The van der Waals surface area contributed by atoms with Crippen molar-refractivity contribution in [2.45, 2.75) is 44.6 Å². The van der Waals surface area contributed by atoms with Crippen LogP contribution >= 0.6 is 0 Å². The fourth-order valence-corrected chi connectivity index (χ4v) is 6.16. The van der Waals surface area contributed by atoms with Crippen molar-refractivity contribution in [3.05, 3.63) is 59.7 Å². The summed E-state index contributed by atoms with van der Waals surface area (Å²) < 4.78 is 5.69. The Bertz CT molecular complexity index is 1090. The monoisotopic (exact) mass is 476 g/mol. The Labute approximate surface area is 205 Å². The van der Waals surface area contributed by atoms with Crippen LogP contribution in [0.5, 0.6) is 0 Å². The molecular formula is C28H32N2O5. The van der Waals surface area contributed by atoms with E-state index in [2.05, 4.69) is 29.6 Å². The Kier molecular flexibility index (Phi) is 6.50. The third kappa shape index (κ3) is 4.64. The maximum atomic E-state index is 13.2. The minimum atomic E-state index is -0.827. The van der Waals surface area contributed by atoms with E-state index < -0.39 is 12.1 Å². The van der Waals surface area contributed by atoms with Crippen LogP contribution in [0.15, 0.2) is 48.5 Å². The van der Waals surface area contributed by atoms with E-state index in [-0.39, 0.29) is 48.6 Å². The zero-order valence-electron chi connectivity index (χ0n) is 20.0. The Morgan fingerprint density at radius 3 is 2.31 bits per heavy atom. The molecule has 0 unspecified atom stereocenters. The number of amides is 2. The van der Waals surface area contributed by atoms with E-state index in [1.807, 2.05) is 31.2 Å². The molecule has 2 N–H and O–H groups in total. The maximum Gasteiger partial charge on any atom is 0.407 e. The van der Waals surface area contributed by atoms with Crippen molar-refractivity contribution in [3.8, 4) is 11.1 Å². The molecule has 2 aromatic rings. The fraction of sp³-hybridized carbons (Fsp3) is 0.464. The highest BCUT2D eigenvalue weighted by Gasteiger charge is 2.41. The van der Waals surface area contributed by atoms with Gasteiger partial charge in [-0.1, -0.05) is 61.9 Å². The average Bonchev–Trinajstić information content (AvgIpc) is 3.53. The number of ether oxygens (including phenoxy) is 1. The van der Waals surface area contributed by atoms with Gasteiger partial charge in [0.15, 0.2) is 0 Å². The molecule has 2 aromatic carbocycles. The number of carboxylic acids is 1. The summed E-state index contributed by atoms with van der Waals surface area (Å²) in [5.74, 6) is -0.966. The largest absolute Gasteiger partial charge is 0.481 e. The SMILES string of the molecule is C[C@@H]1CN(C(=O)[C@H]2CCC[C@H]2NC(=O)OCC2c3ccccc3-c3ccccc32)C[C@H]1CC(=O)O. The number of rotatable bonds is 6. The van der Waals surface area contributed by atoms with E-state index in [1.165, 1.54) is 11.1 Å². The van der Waals surface area contributed by atoms with Crippen molar-refractivity contribution in [1.29, 1.82) is 0 Å². The molecule has 0 aromatic heterocycles. The lowest BCUT2D eigenvalue weighted by molar-refractivity contribution is -0.139. The van der Waals surface area contributed by atoms with Gasteiger partial charge in [-0.15, -0.1) is 0 Å². The number of alkyl carbamates (subject to hydrolysis) is 1. The van der Waals surface area contributed by atoms with Crippen LogP contribution in [0, 0.1) is 17.8 Å². The zero-order chi connectivity index (χ0) is 24.5. The lowest BCUT2D eigenvalue weighted by Crippen LogP contribution is -2.45. The molecule has 2 amide bonds. The number of nitrogens with zero attached hydrogens (tertiary/aromatic N) is 1. The van der Waals surface area contributed by atoms with Gasteiger partial charge in [0.25, 0.3) is 0 Å². The van der Waals surface area contributed by atoms with Gasteiger partial charge in [-0.2, -0.15) is 0 Å². The van der Waals surface area contributed by atoms with E-state index >= 15 is 0 Å². The number of nitrogens with one attached hydrogen (secondary N) is 1. The molecule has 0 spiro atoms. The minimum Gasteiger partial charge on any atom is -0.481 e. The summed E-state index contributed by atoms with van der Waals surface area (Å²) >= 11 is 0. The van der Waals surface area contributed by atoms with Gasteiger partial charge in [-0.05, 0) is 46.9 Å².